The summed E-state index contributed by atoms with van der Waals surface area (Å²) in [5.74, 6) is 2.10. The van der Waals surface area contributed by atoms with Crippen LogP contribution in [0.15, 0.2) is 53.6 Å². The van der Waals surface area contributed by atoms with E-state index in [4.69, 9.17) is 9.47 Å². The fourth-order valence-corrected chi connectivity index (χ4v) is 5.70. The monoisotopic (exact) mass is 552 g/mol. The Balaban J connectivity index is 1.33. The lowest BCUT2D eigenvalue weighted by molar-refractivity contribution is 0.102. The fraction of sp³-hybridized carbons (Fsp3) is 0.545. The Kier molecular flexibility index (Phi) is 14.2. The van der Waals surface area contributed by atoms with Gasteiger partial charge in [-0.2, -0.15) is 0 Å². The number of methoxy groups -OCH3 is 1. The number of allylic oxidation sites excluding steroid dienone is 1. The molecule has 39 heavy (non-hydrogen) atoms. The van der Waals surface area contributed by atoms with Crippen LogP contribution in [0.2, 0.25) is 0 Å². The van der Waals surface area contributed by atoms with Gasteiger partial charge in [0.1, 0.15) is 0 Å². The average Bonchev–Trinajstić information content (AvgIpc) is 3.36. The van der Waals surface area contributed by atoms with E-state index in [1.54, 1.807) is 19.2 Å². The number of ether oxygens (including phenoxy) is 2. The lowest BCUT2D eigenvalue weighted by Crippen LogP contribution is -2.17. The third-order valence-electron chi connectivity index (χ3n) is 7.25. The van der Waals surface area contributed by atoms with E-state index in [0.717, 1.165) is 24.5 Å². The first-order valence-electron chi connectivity index (χ1n) is 14.8. The normalized spacial score (nSPS) is 12.9. The third kappa shape index (κ3) is 11.2. The maximum atomic E-state index is 12.9. The standard InChI is InChI=1S/C33H48N2O3S/c1-4-5-6-7-8-9-10-11-12-13-14-15-22-38-31-21-18-29(23-32(31)37-3)33(36)34-30-19-16-28(17-20-30)24-35-26-39-25-27(35)2/h16-21,23,25H,4-15,22,24,26H2,1-3H3,(H,34,36). The minimum Gasteiger partial charge on any atom is -0.493 e. The molecule has 0 aromatic heterocycles. The maximum Gasteiger partial charge on any atom is 0.255 e. The van der Waals surface area contributed by atoms with Crippen LogP contribution in [0.1, 0.15) is 107 Å². The van der Waals surface area contributed by atoms with Crippen molar-refractivity contribution >= 4 is 23.4 Å². The summed E-state index contributed by atoms with van der Waals surface area (Å²) in [6, 6.07) is 13.4. The van der Waals surface area contributed by atoms with Gasteiger partial charge in [-0.05, 0) is 54.6 Å². The quantitative estimate of drug-likeness (QED) is 0.176. The highest BCUT2D eigenvalue weighted by molar-refractivity contribution is 8.02. The van der Waals surface area contributed by atoms with Gasteiger partial charge >= 0.3 is 0 Å². The van der Waals surface area contributed by atoms with Crippen LogP contribution in [-0.2, 0) is 6.54 Å². The number of nitrogens with zero attached hydrogens (tertiary/aromatic N) is 1. The molecule has 6 heteroatoms. The summed E-state index contributed by atoms with van der Waals surface area (Å²) in [4.78, 5) is 15.2. The first-order valence-corrected chi connectivity index (χ1v) is 15.9. The Labute approximate surface area is 240 Å². The number of amides is 1. The molecule has 1 aliphatic rings. The molecule has 0 saturated heterocycles. The van der Waals surface area contributed by atoms with Crippen molar-refractivity contribution in [3.05, 3.63) is 64.7 Å². The van der Waals surface area contributed by atoms with Crippen molar-refractivity contribution in [2.75, 3.05) is 24.9 Å². The molecule has 1 amide bonds. The summed E-state index contributed by atoms with van der Waals surface area (Å²) in [5, 5.41) is 5.18. The van der Waals surface area contributed by atoms with Gasteiger partial charge in [0.2, 0.25) is 0 Å². The zero-order valence-electron chi connectivity index (χ0n) is 24.3. The second kappa shape index (κ2) is 17.9. The van der Waals surface area contributed by atoms with Crippen LogP contribution in [0.25, 0.3) is 0 Å². The van der Waals surface area contributed by atoms with Gasteiger partial charge in [-0.25, -0.2) is 0 Å². The van der Waals surface area contributed by atoms with Crippen molar-refractivity contribution in [3.8, 4) is 11.5 Å². The number of carbonyl (C=O) groups is 1. The average molecular weight is 553 g/mol. The van der Waals surface area contributed by atoms with Gasteiger partial charge in [-0.3, -0.25) is 4.79 Å². The van der Waals surface area contributed by atoms with Crippen LogP contribution in [0.5, 0.6) is 11.5 Å². The zero-order valence-corrected chi connectivity index (χ0v) is 25.1. The van der Waals surface area contributed by atoms with E-state index in [2.05, 4.69) is 41.6 Å². The van der Waals surface area contributed by atoms with Crippen LogP contribution in [0.3, 0.4) is 0 Å². The van der Waals surface area contributed by atoms with Crippen LogP contribution in [0.4, 0.5) is 5.69 Å². The zero-order chi connectivity index (χ0) is 27.7. The number of anilines is 1. The molecule has 0 spiro atoms. The molecule has 2 aromatic rings. The van der Waals surface area contributed by atoms with Crippen LogP contribution >= 0.6 is 11.8 Å². The van der Waals surface area contributed by atoms with Gasteiger partial charge in [0.15, 0.2) is 11.5 Å². The molecule has 1 heterocycles. The van der Waals surface area contributed by atoms with E-state index in [0.29, 0.717) is 23.7 Å². The topological polar surface area (TPSA) is 50.8 Å². The van der Waals surface area contributed by atoms with E-state index in [1.807, 2.05) is 30.0 Å². The second-order valence-corrected chi connectivity index (χ2v) is 11.3. The molecule has 0 atom stereocenters. The van der Waals surface area contributed by atoms with E-state index >= 15 is 0 Å². The fourth-order valence-electron chi connectivity index (χ4n) is 4.76. The predicted octanol–water partition coefficient (Wildman–Crippen LogP) is 9.39. The van der Waals surface area contributed by atoms with Crippen molar-refractivity contribution in [3.63, 3.8) is 0 Å². The number of thioether (sulfide) groups is 1. The Morgan fingerprint density at radius 2 is 1.51 bits per heavy atom. The largest absolute Gasteiger partial charge is 0.493 e. The summed E-state index contributed by atoms with van der Waals surface area (Å²) in [5.41, 5.74) is 3.84. The molecule has 0 unspecified atom stereocenters. The van der Waals surface area contributed by atoms with Crippen molar-refractivity contribution in [2.24, 2.45) is 0 Å². The molecule has 214 valence electrons. The van der Waals surface area contributed by atoms with Crippen molar-refractivity contribution < 1.29 is 14.3 Å². The molecular weight excluding hydrogens is 504 g/mol. The molecule has 2 aromatic carbocycles. The SMILES string of the molecule is CCCCCCCCCCCCCCOc1ccc(C(=O)Nc2ccc(CN3CSC=C3C)cc2)cc1OC. The number of carbonyl (C=O) groups excluding carboxylic acids is 1. The number of hydrogen-bond donors (Lipinski definition) is 1. The number of rotatable bonds is 19. The molecule has 0 bridgehead atoms. The molecule has 1 aliphatic heterocycles. The summed E-state index contributed by atoms with van der Waals surface area (Å²) in [7, 11) is 1.61. The van der Waals surface area contributed by atoms with Gasteiger partial charge in [0, 0.05) is 23.5 Å². The van der Waals surface area contributed by atoms with E-state index < -0.39 is 0 Å². The van der Waals surface area contributed by atoms with Gasteiger partial charge in [-0.15, -0.1) is 11.8 Å². The molecule has 1 N–H and O–H groups in total. The molecule has 0 fully saturated rings. The molecule has 0 aliphatic carbocycles. The molecule has 3 rings (SSSR count). The lowest BCUT2D eigenvalue weighted by atomic mass is 10.1. The van der Waals surface area contributed by atoms with Crippen molar-refractivity contribution in [2.45, 2.75) is 97.4 Å². The van der Waals surface area contributed by atoms with Crippen molar-refractivity contribution in [1.82, 2.24) is 4.90 Å². The van der Waals surface area contributed by atoms with Crippen LogP contribution in [-0.4, -0.2) is 30.4 Å². The highest BCUT2D eigenvalue weighted by atomic mass is 32.2. The third-order valence-corrected chi connectivity index (χ3v) is 8.22. The first kappa shape index (κ1) is 30.9. The molecule has 0 saturated carbocycles. The van der Waals surface area contributed by atoms with Gasteiger partial charge < -0.3 is 19.7 Å². The predicted molar refractivity (Wildman–Crippen MR) is 166 cm³/mol. The Hall–Kier alpha value is -2.60. The summed E-state index contributed by atoms with van der Waals surface area (Å²) in [6.07, 6.45) is 15.9. The maximum absolute atomic E-state index is 12.9. The van der Waals surface area contributed by atoms with Gasteiger partial charge in [-0.1, -0.05) is 89.7 Å². The minimum absolute atomic E-state index is 0.164. The van der Waals surface area contributed by atoms with Gasteiger partial charge in [0.05, 0.1) is 19.6 Å². The lowest BCUT2D eigenvalue weighted by Gasteiger charge is -2.19. The summed E-state index contributed by atoms with van der Waals surface area (Å²) < 4.78 is 11.5. The first-order chi connectivity index (χ1) is 19.1. The van der Waals surface area contributed by atoms with E-state index in [9.17, 15) is 4.79 Å². The molecule has 5 nitrogen and oxygen atoms in total. The van der Waals surface area contributed by atoms with Crippen LogP contribution in [0, 0.1) is 0 Å². The Bertz CT molecular complexity index is 1020. The number of unbranched alkanes of at least 4 members (excludes halogenated alkanes) is 11. The molecular formula is C33H48N2O3S. The van der Waals surface area contributed by atoms with Crippen LogP contribution < -0.4 is 14.8 Å². The highest BCUT2D eigenvalue weighted by Gasteiger charge is 2.13. The Morgan fingerprint density at radius 3 is 2.10 bits per heavy atom. The highest BCUT2D eigenvalue weighted by Crippen LogP contribution is 2.29. The van der Waals surface area contributed by atoms with E-state index in [1.165, 1.54) is 81.9 Å². The Morgan fingerprint density at radius 1 is 0.872 bits per heavy atom. The van der Waals surface area contributed by atoms with E-state index in [-0.39, 0.29) is 5.91 Å². The smallest absolute Gasteiger partial charge is 0.255 e. The number of nitrogens with one attached hydrogen (secondary N) is 1. The van der Waals surface area contributed by atoms with Gasteiger partial charge in [0.25, 0.3) is 5.91 Å². The summed E-state index contributed by atoms with van der Waals surface area (Å²) >= 11 is 1.82. The number of benzene rings is 2. The van der Waals surface area contributed by atoms with Crippen molar-refractivity contribution in [1.29, 1.82) is 0 Å². The summed E-state index contributed by atoms with van der Waals surface area (Å²) in [6.45, 7) is 5.95. The second-order valence-electron chi connectivity index (χ2n) is 10.5. The minimum atomic E-state index is -0.164. The molecule has 0 radical (unpaired) electrons. The number of hydrogen-bond acceptors (Lipinski definition) is 5.